The Morgan fingerprint density at radius 3 is 2.34 bits per heavy atom. The van der Waals surface area contributed by atoms with Crippen LogP contribution in [0.5, 0.6) is 5.75 Å². The van der Waals surface area contributed by atoms with Crippen LogP contribution < -0.4 is 4.74 Å². The molecular weight excluding hydrogens is 591 g/mol. The van der Waals surface area contributed by atoms with Gasteiger partial charge in [-0.2, -0.15) is 0 Å². The zero-order chi connectivity index (χ0) is 26.6. The highest BCUT2D eigenvalue weighted by Gasteiger charge is 2.46. The molecule has 0 radical (unpaired) electrons. The number of aliphatic hydroxyl groups is 1. The number of rotatable bonds is 7. The molecule has 0 bridgehead atoms. The second kappa shape index (κ2) is 11.2. The monoisotopic (exact) mass is 616 g/mol. The highest BCUT2D eigenvalue weighted by atomic mass is 127. The first kappa shape index (κ1) is 25.7. The average molecular weight is 616 g/mol. The molecule has 7 heteroatoms. The predicted molar refractivity (Wildman–Crippen MR) is 153 cm³/mol. The number of ketones is 1. The number of hydrogen-bond acceptors (Lipinski definition) is 5. The van der Waals surface area contributed by atoms with Gasteiger partial charge in [0.25, 0.3) is 11.7 Å². The van der Waals surface area contributed by atoms with Crippen molar-refractivity contribution in [2.24, 2.45) is 0 Å². The van der Waals surface area contributed by atoms with E-state index in [0.29, 0.717) is 17.9 Å². The van der Waals surface area contributed by atoms with Gasteiger partial charge in [-0.15, -0.1) is 0 Å². The Balaban J connectivity index is 1.47. The lowest BCUT2D eigenvalue weighted by atomic mass is 9.95. The van der Waals surface area contributed by atoms with Gasteiger partial charge in [-0.05, 0) is 94.7 Å². The first-order valence-corrected chi connectivity index (χ1v) is 13.2. The van der Waals surface area contributed by atoms with Gasteiger partial charge >= 0.3 is 0 Å². The van der Waals surface area contributed by atoms with Gasteiger partial charge in [-0.3, -0.25) is 14.6 Å². The number of benzene rings is 3. The molecule has 0 aliphatic carbocycles. The fourth-order valence-electron chi connectivity index (χ4n) is 4.55. The first-order chi connectivity index (χ1) is 18.4. The molecule has 1 unspecified atom stereocenters. The van der Waals surface area contributed by atoms with Crippen molar-refractivity contribution in [3.05, 3.63) is 134 Å². The fourth-order valence-corrected chi connectivity index (χ4v) is 4.91. The van der Waals surface area contributed by atoms with Gasteiger partial charge in [0.2, 0.25) is 0 Å². The summed E-state index contributed by atoms with van der Waals surface area (Å²) < 4.78 is 6.92. The minimum absolute atomic E-state index is 0.0682. The lowest BCUT2D eigenvalue weighted by molar-refractivity contribution is -0.140. The van der Waals surface area contributed by atoms with Crippen molar-refractivity contribution in [2.75, 3.05) is 0 Å². The summed E-state index contributed by atoms with van der Waals surface area (Å²) >= 11 is 2.21. The van der Waals surface area contributed by atoms with Crippen molar-refractivity contribution in [1.29, 1.82) is 0 Å². The number of likely N-dealkylation sites (tertiary alicyclic amines) is 1. The van der Waals surface area contributed by atoms with E-state index >= 15 is 0 Å². The second-order valence-electron chi connectivity index (χ2n) is 9.14. The standard InChI is InChI=1S/C31H25IN2O4/c1-20-3-2-4-22(17-20)19-38-26-11-7-24(8-12-26)29(35)27-28(23-5-9-25(32)10-6-23)34(31(37)30(27)36)18-21-13-15-33-16-14-21/h2-17,28,35H,18-19H2,1H3. The van der Waals surface area contributed by atoms with Crippen LogP contribution in [0, 0.1) is 10.5 Å². The molecule has 1 atom stereocenters. The van der Waals surface area contributed by atoms with Crippen molar-refractivity contribution in [2.45, 2.75) is 26.1 Å². The zero-order valence-electron chi connectivity index (χ0n) is 20.7. The van der Waals surface area contributed by atoms with Crippen LogP contribution in [0.1, 0.15) is 33.9 Å². The molecule has 0 spiro atoms. The smallest absolute Gasteiger partial charge is 0.295 e. The molecule has 190 valence electrons. The Labute approximate surface area is 234 Å². The van der Waals surface area contributed by atoms with Gasteiger partial charge in [0.15, 0.2) is 0 Å². The lowest BCUT2D eigenvalue weighted by Gasteiger charge is -2.25. The van der Waals surface area contributed by atoms with Crippen LogP contribution in [-0.2, 0) is 22.7 Å². The molecule has 1 N–H and O–H groups in total. The highest BCUT2D eigenvalue weighted by molar-refractivity contribution is 14.1. The number of hydrogen-bond donors (Lipinski definition) is 1. The van der Waals surface area contributed by atoms with E-state index in [1.807, 2.05) is 49.4 Å². The third kappa shape index (κ3) is 5.47. The van der Waals surface area contributed by atoms with Gasteiger partial charge in [0.1, 0.15) is 18.1 Å². The van der Waals surface area contributed by atoms with E-state index in [2.05, 4.69) is 33.6 Å². The number of nitrogens with zero attached hydrogens (tertiary/aromatic N) is 2. The van der Waals surface area contributed by atoms with Crippen LogP contribution in [0.3, 0.4) is 0 Å². The SMILES string of the molecule is Cc1cccc(COc2ccc(C(O)=C3C(=O)C(=O)N(Cc4ccncc4)C3c3ccc(I)cc3)cc2)c1. The molecule has 6 nitrogen and oxygen atoms in total. The largest absolute Gasteiger partial charge is 0.507 e. The third-order valence-corrected chi connectivity index (χ3v) is 7.16. The number of halogens is 1. The Morgan fingerprint density at radius 2 is 1.66 bits per heavy atom. The molecule has 1 fully saturated rings. The van der Waals surface area contributed by atoms with Gasteiger partial charge in [-0.1, -0.05) is 42.0 Å². The van der Waals surface area contributed by atoms with Gasteiger partial charge in [-0.25, -0.2) is 0 Å². The number of carbonyl (C=O) groups excluding carboxylic acids is 2. The molecule has 4 aromatic rings. The number of ether oxygens (including phenoxy) is 1. The molecule has 1 amide bonds. The molecular formula is C31H25IN2O4. The van der Waals surface area contributed by atoms with E-state index in [-0.39, 0.29) is 17.9 Å². The number of amides is 1. The molecule has 1 aliphatic heterocycles. The van der Waals surface area contributed by atoms with Gasteiger partial charge in [0, 0.05) is 28.1 Å². The predicted octanol–water partition coefficient (Wildman–Crippen LogP) is 6.20. The lowest BCUT2D eigenvalue weighted by Crippen LogP contribution is -2.29. The van der Waals surface area contributed by atoms with Crippen LogP contribution >= 0.6 is 22.6 Å². The van der Waals surface area contributed by atoms with E-state index in [0.717, 1.165) is 25.8 Å². The summed E-state index contributed by atoms with van der Waals surface area (Å²) in [4.78, 5) is 32.0. The van der Waals surface area contributed by atoms with E-state index in [9.17, 15) is 14.7 Å². The van der Waals surface area contributed by atoms with Crippen LogP contribution in [-0.4, -0.2) is 26.7 Å². The quantitative estimate of drug-likeness (QED) is 0.116. The molecule has 38 heavy (non-hydrogen) atoms. The minimum atomic E-state index is -0.725. The Hall–Kier alpha value is -3.98. The number of carbonyl (C=O) groups is 2. The Bertz CT molecular complexity index is 1500. The number of aliphatic hydroxyl groups excluding tert-OH is 1. The maximum atomic E-state index is 13.3. The number of aromatic nitrogens is 1. The van der Waals surface area contributed by atoms with Crippen molar-refractivity contribution in [1.82, 2.24) is 9.88 Å². The summed E-state index contributed by atoms with van der Waals surface area (Å²) in [5.41, 5.74) is 4.31. The van der Waals surface area contributed by atoms with Crippen molar-refractivity contribution in [3.8, 4) is 5.75 Å². The first-order valence-electron chi connectivity index (χ1n) is 12.1. The Kier molecular flexibility index (Phi) is 7.55. The molecule has 1 saturated heterocycles. The summed E-state index contributed by atoms with van der Waals surface area (Å²) in [6.07, 6.45) is 3.29. The van der Waals surface area contributed by atoms with Crippen LogP contribution in [0.4, 0.5) is 0 Å². The minimum Gasteiger partial charge on any atom is -0.507 e. The van der Waals surface area contributed by atoms with E-state index in [1.165, 1.54) is 4.90 Å². The topological polar surface area (TPSA) is 79.7 Å². The van der Waals surface area contributed by atoms with E-state index in [1.54, 1.807) is 48.8 Å². The number of pyridine rings is 1. The number of aryl methyl sites for hydroxylation is 1. The fraction of sp³-hybridized carbons (Fsp3) is 0.129. The summed E-state index contributed by atoms with van der Waals surface area (Å²) in [5, 5.41) is 11.3. The molecule has 0 saturated carbocycles. The van der Waals surface area contributed by atoms with Gasteiger partial charge < -0.3 is 14.7 Å². The summed E-state index contributed by atoms with van der Waals surface area (Å²) in [6.45, 7) is 2.66. The normalized spacial score (nSPS) is 16.6. The van der Waals surface area contributed by atoms with Gasteiger partial charge in [0.05, 0.1) is 11.6 Å². The van der Waals surface area contributed by atoms with E-state index in [4.69, 9.17) is 4.74 Å². The van der Waals surface area contributed by atoms with E-state index < -0.39 is 17.7 Å². The number of Topliss-reactive ketones (excluding diaryl/α,β-unsaturated/α-hetero) is 1. The molecule has 5 rings (SSSR count). The summed E-state index contributed by atoms with van der Waals surface area (Å²) in [7, 11) is 0. The van der Waals surface area contributed by atoms with Crippen molar-refractivity contribution < 1.29 is 19.4 Å². The summed E-state index contributed by atoms with van der Waals surface area (Å²) in [5.74, 6) is -0.936. The van der Waals surface area contributed by atoms with Crippen molar-refractivity contribution in [3.63, 3.8) is 0 Å². The maximum Gasteiger partial charge on any atom is 0.295 e. The highest BCUT2D eigenvalue weighted by Crippen LogP contribution is 2.40. The molecule has 1 aromatic heterocycles. The Morgan fingerprint density at radius 1 is 0.947 bits per heavy atom. The second-order valence-corrected chi connectivity index (χ2v) is 10.4. The van der Waals surface area contributed by atoms with Crippen LogP contribution in [0.25, 0.3) is 5.76 Å². The van der Waals surface area contributed by atoms with Crippen LogP contribution in [0.15, 0.2) is 103 Å². The third-order valence-electron chi connectivity index (χ3n) is 6.44. The average Bonchev–Trinajstić information content (AvgIpc) is 3.18. The zero-order valence-corrected chi connectivity index (χ0v) is 22.8. The maximum absolute atomic E-state index is 13.3. The molecule has 2 heterocycles. The molecule has 3 aromatic carbocycles. The summed E-state index contributed by atoms with van der Waals surface area (Å²) in [6, 6.07) is 25.5. The van der Waals surface area contributed by atoms with Crippen LogP contribution in [0.2, 0.25) is 0 Å². The molecule has 1 aliphatic rings. The van der Waals surface area contributed by atoms with Crippen molar-refractivity contribution >= 4 is 40.0 Å².